The van der Waals surface area contributed by atoms with Crippen LogP contribution in [-0.4, -0.2) is 36.6 Å². The standard InChI is InChI=1S/C23H24F7N3O/c1-13-9-18(24)3-4-19(13)20-14(2)31-7-8-33(20)21(34)32-6-5-15-10-16(22(25,26)27)12-17(11-15)23(28,29)30/h3-4,9-12,14,20,31H,5-8H2,1-2H3,(H,32,34). The Balaban J connectivity index is 1.75. The summed E-state index contributed by atoms with van der Waals surface area (Å²) in [5.74, 6) is -0.409. The Morgan fingerprint density at radius 3 is 2.24 bits per heavy atom. The van der Waals surface area contributed by atoms with Crippen molar-refractivity contribution >= 4 is 6.03 Å². The highest BCUT2D eigenvalue weighted by Crippen LogP contribution is 2.36. The fraction of sp³-hybridized carbons (Fsp3) is 0.435. The van der Waals surface area contributed by atoms with Crippen LogP contribution in [0.4, 0.5) is 35.5 Å². The second-order valence-corrected chi connectivity index (χ2v) is 8.28. The molecule has 1 aliphatic rings. The molecule has 34 heavy (non-hydrogen) atoms. The summed E-state index contributed by atoms with van der Waals surface area (Å²) in [6.45, 7) is 4.24. The van der Waals surface area contributed by atoms with Crippen molar-refractivity contribution in [1.82, 2.24) is 15.5 Å². The first-order chi connectivity index (χ1) is 15.8. The summed E-state index contributed by atoms with van der Waals surface area (Å²) in [6, 6.07) is 4.52. The lowest BCUT2D eigenvalue weighted by atomic mass is 9.93. The Kier molecular flexibility index (Phi) is 7.44. The highest BCUT2D eigenvalue weighted by Gasteiger charge is 2.37. The third-order valence-corrected chi connectivity index (χ3v) is 5.78. The van der Waals surface area contributed by atoms with Gasteiger partial charge in [-0.1, -0.05) is 6.07 Å². The van der Waals surface area contributed by atoms with Crippen LogP contribution in [0.5, 0.6) is 0 Å². The predicted molar refractivity (Wildman–Crippen MR) is 112 cm³/mol. The number of nitrogens with one attached hydrogen (secondary N) is 2. The summed E-state index contributed by atoms with van der Waals surface area (Å²) in [7, 11) is 0. The molecule has 2 unspecified atom stereocenters. The fourth-order valence-electron chi connectivity index (χ4n) is 4.15. The van der Waals surface area contributed by atoms with Gasteiger partial charge in [-0.15, -0.1) is 0 Å². The average molecular weight is 491 g/mol. The first kappa shape index (κ1) is 25.8. The first-order valence-corrected chi connectivity index (χ1v) is 10.6. The van der Waals surface area contributed by atoms with E-state index in [-0.39, 0.29) is 30.6 Å². The lowest BCUT2D eigenvalue weighted by Crippen LogP contribution is -2.56. The number of urea groups is 1. The summed E-state index contributed by atoms with van der Waals surface area (Å²) in [4.78, 5) is 14.4. The van der Waals surface area contributed by atoms with Crippen LogP contribution in [-0.2, 0) is 18.8 Å². The van der Waals surface area contributed by atoms with Gasteiger partial charge in [-0.25, -0.2) is 9.18 Å². The average Bonchev–Trinajstić information content (AvgIpc) is 2.72. The molecule has 1 saturated heterocycles. The molecule has 0 spiro atoms. The van der Waals surface area contributed by atoms with Gasteiger partial charge in [0.05, 0.1) is 17.2 Å². The normalized spacial score (nSPS) is 19.3. The Hall–Kier alpha value is -2.82. The largest absolute Gasteiger partial charge is 0.416 e. The molecule has 2 atom stereocenters. The van der Waals surface area contributed by atoms with Gasteiger partial charge >= 0.3 is 18.4 Å². The van der Waals surface area contributed by atoms with E-state index < -0.39 is 41.4 Å². The Morgan fingerprint density at radius 2 is 1.68 bits per heavy atom. The quantitative estimate of drug-likeness (QED) is 0.558. The molecule has 2 amide bonds. The molecule has 2 N–H and O–H groups in total. The molecule has 2 aromatic rings. The van der Waals surface area contributed by atoms with E-state index in [0.717, 1.165) is 5.56 Å². The minimum absolute atomic E-state index is 0.0693. The van der Waals surface area contributed by atoms with Crippen LogP contribution in [0.1, 0.15) is 40.8 Å². The van der Waals surface area contributed by atoms with Gasteiger partial charge in [0.15, 0.2) is 0 Å². The lowest BCUT2D eigenvalue weighted by Gasteiger charge is -2.41. The number of hydrogen-bond acceptors (Lipinski definition) is 2. The van der Waals surface area contributed by atoms with Gasteiger partial charge in [0, 0.05) is 25.7 Å². The van der Waals surface area contributed by atoms with E-state index in [4.69, 9.17) is 0 Å². The number of piperazine rings is 1. The van der Waals surface area contributed by atoms with Gasteiger partial charge in [-0.2, -0.15) is 26.3 Å². The number of alkyl halides is 6. The van der Waals surface area contributed by atoms with Gasteiger partial charge in [-0.05, 0) is 67.3 Å². The highest BCUT2D eigenvalue weighted by molar-refractivity contribution is 5.75. The number of rotatable bonds is 4. The fourth-order valence-corrected chi connectivity index (χ4v) is 4.15. The third kappa shape index (κ3) is 5.99. The van der Waals surface area contributed by atoms with Crippen LogP contribution >= 0.6 is 0 Å². The van der Waals surface area contributed by atoms with Crippen LogP contribution in [0.15, 0.2) is 36.4 Å². The van der Waals surface area contributed by atoms with Crippen molar-refractivity contribution in [3.05, 3.63) is 70.0 Å². The van der Waals surface area contributed by atoms with E-state index in [2.05, 4.69) is 10.6 Å². The maximum atomic E-state index is 13.6. The van der Waals surface area contributed by atoms with E-state index >= 15 is 0 Å². The van der Waals surface area contributed by atoms with Gasteiger partial charge in [0.2, 0.25) is 0 Å². The topological polar surface area (TPSA) is 44.4 Å². The molecule has 0 saturated carbocycles. The number of nitrogens with zero attached hydrogens (tertiary/aromatic N) is 1. The summed E-state index contributed by atoms with van der Waals surface area (Å²) < 4.78 is 91.9. The molecule has 0 aromatic heterocycles. The molecule has 4 nitrogen and oxygen atoms in total. The molecular weight excluding hydrogens is 467 g/mol. The van der Waals surface area contributed by atoms with Crippen molar-refractivity contribution in [1.29, 1.82) is 0 Å². The smallest absolute Gasteiger partial charge is 0.338 e. The number of aryl methyl sites for hydroxylation is 1. The van der Waals surface area contributed by atoms with Gasteiger partial charge in [0.1, 0.15) is 5.82 Å². The molecule has 1 fully saturated rings. The number of benzene rings is 2. The maximum absolute atomic E-state index is 13.6. The van der Waals surface area contributed by atoms with Crippen LogP contribution in [0.2, 0.25) is 0 Å². The first-order valence-electron chi connectivity index (χ1n) is 10.6. The van der Waals surface area contributed by atoms with Crippen molar-refractivity contribution in [2.75, 3.05) is 19.6 Å². The molecule has 1 aliphatic heterocycles. The van der Waals surface area contributed by atoms with E-state index in [1.807, 2.05) is 6.92 Å². The highest BCUT2D eigenvalue weighted by atomic mass is 19.4. The summed E-state index contributed by atoms with van der Waals surface area (Å²) >= 11 is 0. The molecule has 3 rings (SSSR count). The molecule has 186 valence electrons. The van der Waals surface area contributed by atoms with E-state index in [9.17, 15) is 35.5 Å². The maximum Gasteiger partial charge on any atom is 0.416 e. The molecule has 0 bridgehead atoms. The molecule has 2 aromatic carbocycles. The number of carbonyl (C=O) groups is 1. The van der Waals surface area contributed by atoms with Gasteiger partial charge < -0.3 is 15.5 Å². The zero-order chi connectivity index (χ0) is 25.3. The minimum Gasteiger partial charge on any atom is -0.338 e. The van der Waals surface area contributed by atoms with Crippen molar-refractivity contribution in [2.45, 2.75) is 44.7 Å². The van der Waals surface area contributed by atoms with E-state index in [1.165, 1.54) is 17.0 Å². The van der Waals surface area contributed by atoms with Crippen LogP contribution in [0.3, 0.4) is 0 Å². The van der Waals surface area contributed by atoms with Crippen molar-refractivity contribution in [3.63, 3.8) is 0 Å². The summed E-state index contributed by atoms with van der Waals surface area (Å²) in [6.07, 6.45) is -10.1. The third-order valence-electron chi connectivity index (χ3n) is 5.78. The second kappa shape index (κ2) is 9.81. The Bertz CT molecular complexity index is 1000. The molecule has 11 heteroatoms. The van der Waals surface area contributed by atoms with Crippen molar-refractivity contribution < 1.29 is 35.5 Å². The number of amides is 2. The summed E-state index contributed by atoms with van der Waals surface area (Å²) in [5.41, 5.74) is -1.59. The second-order valence-electron chi connectivity index (χ2n) is 8.28. The van der Waals surface area contributed by atoms with Crippen molar-refractivity contribution in [2.24, 2.45) is 0 Å². The van der Waals surface area contributed by atoms with E-state index in [1.54, 1.807) is 13.0 Å². The summed E-state index contributed by atoms with van der Waals surface area (Å²) in [5, 5.41) is 5.84. The SMILES string of the molecule is Cc1cc(F)ccc1C1C(C)NCCN1C(=O)NCCc1cc(C(F)(F)F)cc(C(F)(F)F)c1. The number of halogens is 7. The monoisotopic (exact) mass is 491 g/mol. The van der Waals surface area contributed by atoms with Crippen molar-refractivity contribution in [3.8, 4) is 0 Å². The molecule has 0 radical (unpaired) electrons. The zero-order valence-electron chi connectivity index (χ0n) is 18.4. The van der Waals surface area contributed by atoms with E-state index in [0.29, 0.717) is 30.8 Å². The number of carbonyl (C=O) groups excluding carboxylic acids is 1. The molecular formula is C23H24F7N3O. The lowest BCUT2D eigenvalue weighted by molar-refractivity contribution is -0.143. The zero-order valence-corrected chi connectivity index (χ0v) is 18.4. The molecule has 1 heterocycles. The Morgan fingerprint density at radius 1 is 1.06 bits per heavy atom. The van der Waals surface area contributed by atoms with Gasteiger partial charge in [0.25, 0.3) is 0 Å². The minimum atomic E-state index is -4.93. The Labute approximate surface area is 192 Å². The van der Waals surface area contributed by atoms with Gasteiger partial charge in [-0.3, -0.25) is 0 Å². The van der Waals surface area contributed by atoms with Crippen LogP contribution in [0.25, 0.3) is 0 Å². The predicted octanol–water partition coefficient (Wildman–Crippen LogP) is 5.46. The van der Waals surface area contributed by atoms with Crippen LogP contribution in [0, 0.1) is 12.7 Å². The van der Waals surface area contributed by atoms with Crippen LogP contribution < -0.4 is 10.6 Å². The number of hydrogen-bond donors (Lipinski definition) is 2. The molecule has 0 aliphatic carbocycles.